The fourth-order valence-corrected chi connectivity index (χ4v) is 10.8. The van der Waals surface area contributed by atoms with Crippen LogP contribution < -0.4 is 0 Å². The van der Waals surface area contributed by atoms with Crippen LogP contribution in [0.3, 0.4) is 0 Å². The average molecular weight is 1120 g/mol. The van der Waals surface area contributed by atoms with Crippen molar-refractivity contribution < 1.29 is 38.1 Å². The molecule has 466 valence electrons. The number of ether oxygens (including phenoxy) is 4. The molecule has 0 bridgehead atoms. The van der Waals surface area contributed by atoms with Crippen LogP contribution in [0, 0.1) is 0 Å². The minimum Gasteiger partial charge on any atom is -0.462 e. The van der Waals surface area contributed by atoms with Gasteiger partial charge in [0, 0.05) is 25.7 Å². The molecule has 0 aliphatic carbocycles. The number of allylic oxidation sites excluding steroid dienone is 2. The monoisotopic (exact) mass is 1120 g/mol. The smallest absolute Gasteiger partial charge is 0.306 e. The van der Waals surface area contributed by atoms with Gasteiger partial charge in [0.1, 0.15) is 19.3 Å². The first-order chi connectivity index (χ1) is 38.9. The molecule has 0 spiro atoms. The second kappa shape index (κ2) is 64.8. The normalized spacial score (nSPS) is 12.3. The van der Waals surface area contributed by atoms with Crippen LogP contribution in [0.25, 0.3) is 0 Å². The van der Waals surface area contributed by atoms with Crippen LogP contribution in [0.2, 0.25) is 0 Å². The van der Waals surface area contributed by atoms with E-state index in [1.54, 1.807) is 0 Å². The molecule has 0 saturated carbocycles. The number of carbonyl (C=O) groups excluding carboxylic acids is 4. The molecule has 0 aliphatic heterocycles. The summed E-state index contributed by atoms with van der Waals surface area (Å²) in [5, 5.41) is 0. The van der Waals surface area contributed by atoms with Gasteiger partial charge < -0.3 is 18.9 Å². The first-order valence-corrected chi connectivity index (χ1v) is 35.2. The van der Waals surface area contributed by atoms with E-state index >= 15 is 0 Å². The molecule has 2 unspecified atom stereocenters. The molecule has 0 aromatic heterocycles. The van der Waals surface area contributed by atoms with E-state index in [4.69, 9.17) is 18.9 Å². The minimum absolute atomic E-state index is 0.00421. The van der Waals surface area contributed by atoms with Gasteiger partial charge >= 0.3 is 23.9 Å². The lowest BCUT2D eigenvalue weighted by atomic mass is 10.0. The van der Waals surface area contributed by atoms with Crippen molar-refractivity contribution in [2.24, 2.45) is 0 Å². The first kappa shape index (κ1) is 76.6. The zero-order valence-electron chi connectivity index (χ0n) is 53.3. The highest BCUT2D eigenvalue weighted by Gasteiger charge is 2.20. The van der Waals surface area contributed by atoms with Crippen LogP contribution in [0.5, 0.6) is 0 Å². The Hall–Kier alpha value is -2.38. The molecule has 79 heavy (non-hydrogen) atoms. The lowest BCUT2D eigenvalue weighted by molar-refractivity contribution is -0.167. The van der Waals surface area contributed by atoms with Crippen molar-refractivity contribution in [1.82, 2.24) is 0 Å². The molecular weight excluding hydrogens is 981 g/mol. The number of rotatable bonds is 65. The van der Waals surface area contributed by atoms with Gasteiger partial charge in [-0.25, -0.2) is 0 Å². The second-order valence-electron chi connectivity index (χ2n) is 24.1. The van der Waals surface area contributed by atoms with Gasteiger partial charge in [0.25, 0.3) is 0 Å². The topological polar surface area (TPSA) is 105 Å². The number of hydrogen-bond acceptors (Lipinski definition) is 8. The predicted octanol–water partition coefficient (Wildman–Crippen LogP) is 22.8. The molecule has 0 aromatic rings. The SMILES string of the molecule is CCCCCCCCC=CCCCCCCCC(=O)OCC(COC(=O)CCCCCCCCCCCCCCC)OC(=O)CCCCCCCCCCC(CCCCCC)OC(=O)CCCCCCCCCCCCCCC. The van der Waals surface area contributed by atoms with Crippen LogP contribution >= 0.6 is 0 Å². The highest BCUT2D eigenvalue weighted by atomic mass is 16.6. The lowest BCUT2D eigenvalue weighted by Gasteiger charge is -2.18. The zero-order chi connectivity index (χ0) is 57.4. The van der Waals surface area contributed by atoms with Crippen LogP contribution in [0.1, 0.15) is 394 Å². The summed E-state index contributed by atoms with van der Waals surface area (Å²) < 4.78 is 23.0. The van der Waals surface area contributed by atoms with Crippen LogP contribution in [-0.2, 0) is 38.1 Å². The van der Waals surface area contributed by atoms with E-state index in [2.05, 4.69) is 39.8 Å². The third-order valence-corrected chi connectivity index (χ3v) is 16.1. The van der Waals surface area contributed by atoms with E-state index in [1.165, 1.54) is 225 Å². The lowest BCUT2D eigenvalue weighted by Crippen LogP contribution is -2.30. The molecule has 0 aromatic carbocycles. The number of unbranched alkanes of at least 4 members (excludes halogenated alkanes) is 45. The van der Waals surface area contributed by atoms with Crippen molar-refractivity contribution in [3.63, 3.8) is 0 Å². The third-order valence-electron chi connectivity index (χ3n) is 16.1. The number of hydrogen-bond donors (Lipinski definition) is 0. The predicted molar refractivity (Wildman–Crippen MR) is 337 cm³/mol. The van der Waals surface area contributed by atoms with Crippen molar-refractivity contribution >= 4 is 23.9 Å². The summed E-state index contributed by atoms with van der Waals surface area (Å²) in [6, 6.07) is 0. The van der Waals surface area contributed by atoms with Crippen LogP contribution in [0.15, 0.2) is 12.2 Å². The van der Waals surface area contributed by atoms with Crippen molar-refractivity contribution in [2.75, 3.05) is 13.2 Å². The molecule has 0 rings (SSSR count). The largest absolute Gasteiger partial charge is 0.462 e. The molecule has 0 N–H and O–H groups in total. The van der Waals surface area contributed by atoms with Gasteiger partial charge in [-0.2, -0.15) is 0 Å². The Bertz CT molecular complexity index is 1310. The molecule has 0 saturated heterocycles. The molecule has 2 atom stereocenters. The van der Waals surface area contributed by atoms with Crippen molar-refractivity contribution in [1.29, 1.82) is 0 Å². The van der Waals surface area contributed by atoms with Gasteiger partial charge in [-0.1, -0.05) is 303 Å². The number of carbonyl (C=O) groups is 4. The van der Waals surface area contributed by atoms with Crippen LogP contribution in [0.4, 0.5) is 0 Å². The van der Waals surface area contributed by atoms with E-state index < -0.39 is 6.10 Å². The molecular formula is C71H134O8. The second-order valence-corrected chi connectivity index (χ2v) is 24.1. The highest BCUT2D eigenvalue weighted by Crippen LogP contribution is 2.20. The van der Waals surface area contributed by atoms with Gasteiger partial charge in [0.05, 0.1) is 0 Å². The van der Waals surface area contributed by atoms with E-state index in [0.29, 0.717) is 25.7 Å². The van der Waals surface area contributed by atoms with E-state index in [9.17, 15) is 19.2 Å². The average Bonchev–Trinajstić information content (AvgIpc) is 3.44. The minimum atomic E-state index is -0.801. The summed E-state index contributed by atoms with van der Waals surface area (Å²) in [6.45, 7) is 8.86. The summed E-state index contributed by atoms with van der Waals surface area (Å²) >= 11 is 0. The number of esters is 4. The highest BCUT2D eigenvalue weighted by molar-refractivity contribution is 5.71. The van der Waals surface area contributed by atoms with Gasteiger partial charge in [0.15, 0.2) is 6.10 Å². The van der Waals surface area contributed by atoms with E-state index in [1.807, 2.05) is 0 Å². The Morgan fingerprint density at radius 2 is 0.468 bits per heavy atom. The van der Waals surface area contributed by atoms with Gasteiger partial charge in [-0.3, -0.25) is 19.2 Å². The molecule has 0 aliphatic rings. The zero-order valence-corrected chi connectivity index (χ0v) is 53.3. The Morgan fingerprint density at radius 3 is 0.759 bits per heavy atom. The Balaban J connectivity index is 4.56. The van der Waals surface area contributed by atoms with Crippen molar-refractivity contribution in [3.8, 4) is 0 Å². The maximum absolute atomic E-state index is 13.0. The molecule has 8 nitrogen and oxygen atoms in total. The fraction of sp³-hybridized carbons (Fsp3) is 0.915. The van der Waals surface area contributed by atoms with Crippen molar-refractivity contribution in [2.45, 2.75) is 406 Å². The Kier molecular flexibility index (Phi) is 62.8. The summed E-state index contributed by atoms with van der Waals surface area (Å²) in [7, 11) is 0. The summed E-state index contributed by atoms with van der Waals surface area (Å²) in [5.41, 5.74) is 0. The Morgan fingerprint density at radius 1 is 0.253 bits per heavy atom. The van der Waals surface area contributed by atoms with E-state index in [0.717, 1.165) is 116 Å². The molecule has 0 amide bonds. The summed E-state index contributed by atoms with van der Waals surface area (Å²) in [4.78, 5) is 51.3. The van der Waals surface area contributed by atoms with E-state index in [-0.39, 0.29) is 43.2 Å². The summed E-state index contributed by atoms with van der Waals surface area (Å²) in [6.07, 6.45) is 69.5. The Labute approximate surface area is 491 Å². The standard InChI is InChI=1S/C71H134O8/c1-5-9-13-17-20-23-26-29-30-33-35-38-44-49-55-61-69(73)77-65-67(64-76-68(72)60-54-48-43-37-34-31-27-24-21-18-14-10-6-2)79-71(75)63-57-51-46-41-40-42-47-53-59-66(58-52-16-12-8-4)78-70(74)62-56-50-45-39-36-32-28-25-22-19-15-11-7-3/h29-30,66-67H,5-28,31-65H2,1-4H3. The molecule has 8 heteroatoms. The molecule has 0 fully saturated rings. The van der Waals surface area contributed by atoms with Gasteiger partial charge in [0.2, 0.25) is 0 Å². The summed E-state index contributed by atoms with van der Waals surface area (Å²) in [5.74, 6) is -0.910. The maximum Gasteiger partial charge on any atom is 0.306 e. The first-order valence-electron chi connectivity index (χ1n) is 35.2. The van der Waals surface area contributed by atoms with Crippen molar-refractivity contribution in [3.05, 3.63) is 12.2 Å². The molecule has 0 radical (unpaired) electrons. The molecule has 0 heterocycles. The maximum atomic E-state index is 13.0. The van der Waals surface area contributed by atoms with Gasteiger partial charge in [-0.15, -0.1) is 0 Å². The van der Waals surface area contributed by atoms with Gasteiger partial charge in [-0.05, 0) is 77.0 Å². The van der Waals surface area contributed by atoms with Crippen LogP contribution in [-0.4, -0.2) is 49.3 Å². The third kappa shape index (κ3) is 61.5. The quantitative estimate of drug-likeness (QED) is 0.0257. The fourth-order valence-electron chi connectivity index (χ4n) is 10.8.